The van der Waals surface area contributed by atoms with Gasteiger partial charge in [0.05, 0.1) is 18.0 Å². The van der Waals surface area contributed by atoms with Crippen LogP contribution in [-0.2, 0) is 22.6 Å². The molecule has 6 heteroatoms. The van der Waals surface area contributed by atoms with E-state index < -0.39 is 4.92 Å². The Morgan fingerprint density at radius 3 is 2.40 bits per heavy atom. The summed E-state index contributed by atoms with van der Waals surface area (Å²) in [5.74, 6) is -0.551. The van der Waals surface area contributed by atoms with Crippen molar-refractivity contribution in [3.05, 3.63) is 75.8 Å². The average Bonchev–Trinajstić information content (AvgIpc) is 2.62. The fraction of sp³-hybridized carbons (Fsp3) is 0.316. The number of esters is 1. The zero-order valence-corrected chi connectivity index (χ0v) is 14.4. The third kappa shape index (κ3) is 5.69. The van der Waals surface area contributed by atoms with Gasteiger partial charge in [0.1, 0.15) is 0 Å². The standard InChI is InChI=1S/C19H22N2O4/c1-15(19(22)25-2)12-20(13-16-7-4-3-5-8-16)14-17-9-6-10-18(11-17)21(23)24/h3-11,15H,12-14H2,1-2H3. The van der Waals surface area contributed by atoms with E-state index in [1.165, 1.54) is 13.2 Å². The van der Waals surface area contributed by atoms with Crippen molar-refractivity contribution in [3.8, 4) is 0 Å². The number of hydrogen-bond acceptors (Lipinski definition) is 5. The number of benzene rings is 2. The van der Waals surface area contributed by atoms with E-state index >= 15 is 0 Å². The first-order chi connectivity index (χ1) is 12.0. The van der Waals surface area contributed by atoms with Gasteiger partial charge >= 0.3 is 5.97 Å². The van der Waals surface area contributed by atoms with Gasteiger partial charge in [-0.05, 0) is 11.1 Å². The molecule has 0 saturated carbocycles. The number of ether oxygens (including phenoxy) is 1. The molecule has 0 heterocycles. The van der Waals surface area contributed by atoms with Crippen LogP contribution in [0.3, 0.4) is 0 Å². The van der Waals surface area contributed by atoms with E-state index in [4.69, 9.17) is 4.74 Å². The molecule has 2 aromatic carbocycles. The van der Waals surface area contributed by atoms with Crippen molar-refractivity contribution in [3.63, 3.8) is 0 Å². The first-order valence-electron chi connectivity index (χ1n) is 8.07. The van der Waals surface area contributed by atoms with Crippen LogP contribution in [-0.4, -0.2) is 29.4 Å². The predicted molar refractivity (Wildman–Crippen MR) is 94.8 cm³/mol. The molecule has 2 rings (SSSR count). The van der Waals surface area contributed by atoms with Gasteiger partial charge in [0.2, 0.25) is 0 Å². The molecule has 0 aliphatic carbocycles. The number of nitrogens with zero attached hydrogens (tertiary/aromatic N) is 2. The Bertz CT molecular complexity index is 718. The molecule has 0 aliphatic rings. The van der Waals surface area contributed by atoms with Crippen molar-refractivity contribution >= 4 is 11.7 Å². The molecule has 6 nitrogen and oxygen atoms in total. The normalized spacial score (nSPS) is 12.0. The zero-order chi connectivity index (χ0) is 18.2. The van der Waals surface area contributed by atoms with Gasteiger partial charge in [-0.1, -0.05) is 49.4 Å². The van der Waals surface area contributed by atoms with Crippen LogP contribution < -0.4 is 0 Å². The topological polar surface area (TPSA) is 72.7 Å². The van der Waals surface area contributed by atoms with Crippen LogP contribution in [0.2, 0.25) is 0 Å². The van der Waals surface area contributed by atoms with Gasteiger partial charge in [-0.3, -0.25) is 19.8 Å². The van der Waals surface area contributed by atoms with Gasteiger partial charge < -0.3 is 4.74 Å². The quantitative estimate of drug-likeness (QED) is 0.418. The van der Waals surface area contributed by atoms with Crippen LogP contribution in [0.1, 0.15) is 18.1 Å². The largest absolute Gasteiger partial charge is 0.469 e. The Hall–Kier alpha value is -2.73. The molecular weight excluding hydrogens is 320 g/mol. The predicted octanol–water partition coefficient (Wildman–Crippen LogP) is 3.41. The number of nitro benzene ring substituents is 1. The second-order valence-corrected chi connectivity index (χ2v) is 6.01. The van der Waals surface area contributed by atoms with E-state index in [1.54, 1.807) is 12.1 Å². The SMILES string of the molecule is COC(=O)C(C)CN(Cc1ccccc1)Cc1cccc([N+](=O)[O-])c1. The van der Waals surface area contributed by atoms with Gasteiger partial charge in [-0.2, -0.15) is 0 Å². The number of hydrogen-bond donors (Lipinski definition) is 0. The summed E-state index contributed by atoms with van der Waals surface area (Å²) in [6.07, 6.45) is 0. The van der Waals surface area contributed by atoms with Crippen LogP contribution in [0.5, 0.6) is 0 Å². The maximum atomic E-state index is 11.8. The first kappa shape index (κ1) is 18.6. The smallest absolute Gasteiger partial charge is 0.309 e. The minimum Gasteiger partial charge on any atom is -0.469 e. The Balaban J connectivity index is 2.17. The van der Waals surface area contributed by atoms with Crippen molar-refractivity contribution in [2.24, 2.45) is 5.92 Å². The lowest BCUT2D eigenvalue weighted by Gasteiger charge is -2.25. The fourth-order valence-corrected chi connectivity index (χ4v) is 2.72. The molecular formula is C19H22N2O4. The highest BCUT2D eigenvalue weighted by Crippen LogP contribution is 2.17. The molecule has 0 amide bonds. The van der Waals surface area contributed by atoms with Crippen molar-refractivity contribution < 1.29 is 14.5 Å². The van der Waals surface area contributed by atoms with E-state index in [0.717, 1.165) is 11.1 Å². The summed E-state index contributed by atoms with van der Waals surface area (Å²) >= 11 is 0. The number of rotatable bonds is 8. The molecule has 0 fully saturated rings. The van der Waals surface area contributed by atoms with E-state index in [9.17, 15) is 14.9 Å². The third-order valence-electron chi connectivity index (χ3n) is 3.91. The lowest BCUT2D eigenvalue weighted by Crippen LogP contribution is -2.31. The summed E-state index contributed by atoms with van der Waals surface area (Å²) in [4.78, 5) is 24.4. The van der Waals surface area contributed by atoms with Gasteiger partial charge in [0, 0.05) is 31.8 Å². The monoisotopic (exact) mass is 342 g/mol. The maximum Gasteiger partial charge on any atom is 0.309 e. The number of carbonyl (C=O) groups is 1. The lowest BCUT2D eigenvalue weighted by atomic mass is 10.1. The van der Waals surface area contributed by atoms with Crippen molar-refractivity contribution in [1.82, 2.24) is 4.90 Å². The van der Waals surface area contributed by atoms with Gasteiger partial charge in [-0.25, -0.2) is 0 Å². The number of nitro groups is 1. The van der Waals surface area contributed by atoms with Crippen molar-refractivity contribution in [2.45, 2.75) is 20.0 Å². The molecule has 25 heavy (non-hydrogen) atoms. The molecule has 0 bridgehead atoms. The summed E-state index contributed by atoms with van der Waals surface area (Å²) in [5.41, 5.74) is 2.02. The molecule has 1 unspecified atom stereocenters. The number of non-ortho nitro benzene ring substituents is 1. The molecule has 0 aromatic heterocycles. The Morgan fingerprint density at radius 1 is 1.12 bits per heavy atom. The minimum atomic E-state index is -0.401. The maximum absolute atomic E-state index is 11.8. The molecule has 0 saturated heterocycles. The van der Waals surface area contributed by atoms with Crippen LogP contribution in [0.15, 0.2) is 54.6 Å². The Labute approximate surface area is 147 Å². The van der Waals surface area contributed by atoms with Crippen LogP contribution in [0.4, 0.5) is 5.69 Å². The van der Waals surface area contributed by atoms with Gasteiger partial charge in [0.15, 0.2) is 0 Å². The molecule has 0 radical (unpaired) electrons. The average molecular weight is 342 g/mol. The molecule has 0 aliphatic heterocycles. The Morgan fingerprint density at radius 2 is 1.76 bits per heavy atom. The summed E-state index contributed by atoms with van der Waals surface area (Å²) in [6.45, 7) is 3.48. The first-order valence-corrected chi connectivity index (χ1v) is 8.07. The van der Waals surface area contributed by atoms with E-state index in [0.29, 0.717) is 19.6 Å². The minimum absolute atomic E-state index is 0.0678. The van der Waals surface area contributed by atoms with E-state index in [-0.39, 0.29) is 17.6 Å². The highest BCUT2D eigenvalue weighted by Gasteiger charge is 2.19. The number of carbonyl (C=O) groups excluding carboxylic acids is 1. The van der Waals surface area contributed by atoms with E-state index in [2.05, 4.69) is 4.90 Å². The van der Waals surface area contributed by atoms with Gasteiger partial charge in [-0.15, -0.1) is 0 Å². The fourth-order valence-electron chi connectivity index (χ4n) is 2.72. The second kappa shape index (κ2) is 8.94. The zero-order valence-electron chi connectivity index (χ0n) is 14.4. The lowest BCUT2D eigenvalue weighted by molar-refractivity contribution is -0.384. The molecule has 1 atom stereocenters. The summed E-state index contributed by atoms with van der Waals surface area (Å²) < 4.78 is 4.81. The van der Waals surface area contributed by atoms with Crippen molar-refractivity contribution in [1.29, 1.82) is 0 Å². The number of methoxy groups -OCH3 is 1. The molecule has 132 valence electrons. The summed E-state index contributed by atoms with van der Waals surface area (Å²) in [6, 6.07) is 16.5. The summed E-state index contributed by atoms with van der Waals surface area (Å²) in [7, 11) is 1.38. The van der Waals surface area contributed by atoms with Crippen LogP contribution in [0, 0.1) is 16.0 Å². The van der Waals surface area contributed by atoms with Gasteiger partial charge in [0.25, 0.3) is 5.69 Å². The molecule has 0 spiro atoms. The van der Waals surface area contributed by atoms with Crippen LogP contribution >= 0.6 is 0 Å². The van der Waals surface area contributed by atoms with Crippen LogP contribution in [0.25, 0.3) is 0 Å². The molecule has 0 N–H and O–H groups in total. The van der Waals surface area contributed by atoms with E-state index in [1.807, 2.05) is 43.3 Å². The Kier molecular flexibility index (Phi) is 6.65. The molecule has 2 aromatic rings. The highest BCUT2D eigenvalue weighted by atomic mass is 16.6. The third-order valence-corrected chi connectivity index (χ3v) is 3.91. The summed E-state index contributed by atoms with van der Waals surface area (Å²) in [5, 5.41) is 11.0. The second-order valence-electron chi connectivity index (χ2n) is 6.01. The highest BCUT2D eigenvalue weighted by molar-refractivity contribution is 5.72. The van der Waals surface area contributed by atoms with Crippen molar-refractivity contribution in [2.75, 3.05) is 13.7 Å².